The van der Waals surface area contributed by atoms with Crippen molar-refractivity contribution in [2.45, 2.75) is 12.6 Å². The van der Waals surface area contributed by atoms with Gasteiger partial charge in [0, 0.05) is 11.6 Å². The lowest BCUT2D eigenvalue weighted by Gasteiger charge is -2.12. The summed E-state index contributed by atoms with van der Waals surface area (Å²) in [5.41, 5.74) is 0. The summed E-state index contributed by atoms with van der Waals surface area (Å²) in [6.45, 7) is 1.01. The van der Waals surface area contributed by atoms with Crippen molar-refractivity contribution in [3.05, 3.63) is 41.5 Å². The van der Waals surface area contributed by atoms with E-state index in [1.807, 2.05) is 0 Å². The Balaban J connectivity index is 1.64. The monoisotopic (exact) mass is 283 g/mol. The summed E-state index contributed by atoms with van der Waals surface area (Å²) < 4.78 is 10.0. The molecule has 0 aliphatic heterocycles. The Morgan fingerprint density at radius 2 is 2.16 bits per heavy atom. The first-order valence-electron chi connectivity index (χ1n) is 5.76. The molecule has 0 fully saturated rings. The van der Waals surface area contributed by atoms with E-state index in [-0.39, 0.29) is 6.61 Å². The molecule has 7 heteroatoms. The van der Waals surface area contributed by atoms with Crippen LogP contribution in [-0.2, 0) is 6.54 Å². The zero-order valence-electron chi connectivity index (χ0n) is 10.1. The highest BCUT2D eigenvalue weighted by molar-refractivity contribution is 6.30. The van der Waals surface area contributed by atoms with E-state index >= 15 is 0 Å². The minimum atomic E-state index is -0.623. The summed E-state index contributed by atoms with van der Waals surface area (Å²) in [5, 5.41) is 17.0. The molecule has 2 N–H and O–H groups in total. The molecule has 0 bridgehead atoms. The Kier molecular flexibility index (Phi) is 5.14. The van der Waals surface area contributed by atoms with E-state index in [4.69, 9.17) is 16.3 Å². The van der Waals surface area contributed by atoms with Crippen molar-refractivity contribution in [3.63, 3.8) is 0 Å². The van der Waals surface area contributed by atoms with Crippen LogP contribution in [0.15, 0.2) is 35.2 Å². The van der Waals surface area contributed by atoms with Crippen molar-refractivity contribution in [2.75, 3.05) is 13.2 Å². The Labute approximate surface area is 115 Å². The van der Waals surface area contributed by atoms with Gasteiger partial charge in [-0.05, 0) is 24.3 Å². The summed E-state index contributed by atoms with van der Waals surface area (Å²) in [6, 6.07) is 6.97. The molecule has 0 radical (unpaired) electrons. The molecule has 6 nitrogen and oxygen atoms in total. The number of nitrogens with one attached hydrogen (secondary N) is 1. The molecule has 19 heavy (non-hydrogen) atoms. The number of aromatic nitrogens is 2. The average molecular weight is 284 g/mol. The smallest absolute Gasteiger partial charge is 0.213 e. The molecule has 0 spiro atoms. The molecule has 102 valence electrons. The third-order valence-corrected chi connectivity index (χ3v) is 2.58. The molecule has 1 heterocycles. The minimum absolute atomic E-state index is 0.195. The molecule has 1 aromatic heterocycles. The molecule has 0 saturated heterocycles. The van der Waals surface area contributed by atoms with Crippen molar-refractivity contribution >= 4 is 11.6 Å². The quantitative estimate of drug-likeness (QED) is 0.796. The van der Waals surface area contributed by atoms with Gasteiger partial charge in [-0.15, -0.1) is 0 Å². The average Bonchev–Trinajstić information content (AvgIpc) is 2.91. The maximum absolute atomic E-state index is 9.72. The molecule has 0 amide bonds. The first-order chi connectivity index (χ1) is 9.24. The zero-order valence-corrected chi connectivity index (χ0v) is 10.9. The third kappa shape index (κ3) is 4.86. The summed E-state index contributed by atoms with van der Waals surface area (Å²) >= 11 is 5.76. The predicted molar refractivity (Wildman–Crippen MR) is 69.0 cm³/mol. The Morgan fingerprint density at radius 1 is 1.37 bits per heavy atom. The highest BCUT2D eigenvalue weighted by Crippen LogP contribution is 2.15. The van der Waals surface area contributed by atoms with Crippen LogP contribution >= 0.6 is 11.6 Å². The van der Waals surface area contributed by atoms with E-state index < -0.39 is 6.10 Å². The second kappa shape index (κ2) is 7.08. The van der Waals surface area contributed by atoms with Crippen molar-refractivity contribution in [3.8, 4) is 5.75 Å². The van der Waals surface area contributed by atoms with Crippen LogP contribution in [0.25, 0.3) is 0 Å². The van der Waals surface area contributed by atoms with Crippen molar-refractivity contribution in [2.24, 2.45) is 0 Å². The first kappa shape index (κ1) is 13.8. The summed E-state index contributed by atoms with van der Waals surface area (Å²) in [7, 11) is 0. The number of benzene rings is 1. The molecule has 1 aromatic carbocycles. The molecular formula is C12H14ClN3O3. The second-order valence-electron chi connectivity index (χ2n) is 3.90. The van der Waals surface area contributed by atoms with Crippen LogP contribution < -0.4 is 10.1 Å². The van der Waals surface area contributed by atoms with Gasteiger partial charge in [-0.3, -0.25) is 0 Å². The molecule has 2 aromatic rings. The van der Waals surface area contributed by atoms with Gasteiger partial charge >= 0.3 is 0 Å². The lowest BCUT2D eigenvalue weighted by atomic mass is 10.3. The van der Waals surface area contributed by atoms with Crippen LogP contribution in [0.5, 0.6) is 5.75 Å². The Bertz CT molecular complexity index is 475. The SMILES string of the molecule is OC(CNCc1ncon1)COc1ccc(Cl)cc1. The summed E-state index contributed by atoms with van der Waals surface area (Å²) in [6.07, 6.45) is 0.638. The van der Waals surface area contributed by atoms with Crippen LogP contribution in [-0.4, -0.2) is 34.5 Å². The van der Waals surface area contributed by atoms with E-state index in [0.717, 1.165) is 0 Å². The fourth-order valence-corrected chi connectivity index (χ4v) is 1.53. The van der Waals surface area contributed by atoms with Crippen LogP contribution in [0, 0.1) is 0 Å². The highest BCUT2D eigenvalue weighted by atomic mass is 35.5. The van der Waals surface area contributed by atoms with Gasteiger partial charge in [0.15, 0.2) is 5.82 Å². The summed E-state index contributed by atoms with van der Waals surface area (Å²) in [5.74, 6) is 1.22. The van der Waals surface area contributed by atoms with Gasteiger partial charge in [-0.25, -0.2) is 0 Å². The van der Waals surface area contributed by atoms with E-state index in [2.05, 4.69) is 20.0 Å². The van der Waals surface area contributed by atoms with Gasteiger partial charge in [0.2, 0.25) is 6.39 Å². The van der Waals surface area contributed by atoms with Crippen molar-refractivity contribution in [1.82, 2.24) is 15.5 Å². The van der Waals surface area contributed by atoms with Crippen LogP contribution in [0.1, 0.15) is 5.82 Å². The molecule has 0 saturated carbocycles. The number of aliphatic hydroxyl groups is 1. The van der Waals surface area contributed by atoms with Gasteiger partial charge in [-0.2, -0.15) is 4.98 Å². The van der Waals surface area contributed by atoms with Crippen molar-refractivity contribution in [1.29, 1.82) is 0 Å². The molecule has 0 aliphatic carbocycles. The normalized spacial score (nSPS) is 12.3. The summed E-state index contributed by atoms with van der Waals surface area (Å²) in [4.78, 5) is 3.85. The largest absolute Gasteiger partial charge is 0.491 e. The Morgan fingerprint density at radius 3 is 2.84 bits per heavy atom. The van der Waals surface area contributed by atoms with E-state index in [1.165, 1.54) is 6.39 Å². The van der Waals surface area contributed by atoms with Gasteiger partial charge in [0.05, 0.1) is 6.54 Å². The van der Waals surface area contributed by atoms with Crippen LogP contribution in [0.3, 0.4) is 0 Å². The van der Waals surface area contributed by atoms with Gasteiger partial charge in [-0.1, -0.05) is 16.8 Å². The third-order valence-electron chi connectivity index (χ3n) is 2.33. The predicted octanol–water partition coefficient (Wildman–Crippen LogP) is 1.25. The van der Waals surface area contributed by atoms with Gasteiger partial charge in [0.25, 0.3) is 0 Å². The van der Waals surface area contributed by atoms with Gasteiger partial charge in [0.1, 0.15) is 18.5 Å². The lowest BCUT2D eigenvalue weighted by Crippen LogP contribution is -2.31. The second-order valence-corrected chi connectivity index (χ2v) is 4.33. The minimum Gasteiger partial charge on any atom is -0.491 e. The number of rotatable bonds is 7. The highest BCUT2D eigenvalue weighted by Gasteiger charge is 2.06. The number of halogens is 1. The number of nitrogens with zero attached hydrogens (tertiary/aromatic N) is 2. The fourth-order valence-electron chi connectivity index (χ4n) is 1.40. The maximum Gasteiger partial charge on any atom is 0.213 e. The number of aliphatic hydroxyl groups excluding tert-OH is 1. The van der Waals surface area contributed by atoms with Crippen molar-refractivity contribution < 1.29 is 14.4 Å². The van der Waals surface area contributed by atoms with E-state index in [9.17, 15) is 5.11 Å². The molecule has 2 rings (SSSR count). The van der Waals surface area contributed by atoms with Crippen LogP contribution in [0.2, 0.25) is 5.02 Å². The standard InChI is InChI=1S/C12H14ClN3O3/c13-9-1-3-11(4-2-9)18-7-10(17)5-14-6-12-15-8-19-16-12/h1-4,8,10,14,17H,5-7H2. The number of ether oxygens (including phenoxy) is 1. The first-order valence-corrected chi connectivity index (χ1v) is 6.14. The fraction of sp³-hybridized carbons (Fsp3) is 0.333. The lowest BCUT2D eigenvalue weighted by molar-refractivity contribution is 0.106. The van der Waals surface area contributed by atoms with Crippen LogP contribution in [0.4, 0.5) is 0 Å². The topological polar surface area (TPSA) is 80.4 Å². The van der Waals surface area contributed by atoms with E-state index in [1.54, 1.807) is 24.3 Å². The molecule has 1 atom stereocenters. The maximum atomic E-state index is 9.72. The molecular weight excluding hydrogens is 270 g/mol. The van der Waals surface area contributed by atoms with E-state index in [0.29, 0.717) is 29.7 Å². The Hall–Kier alpha value is -1.63. The number of hydrogen-bond donors (Lipinski definition) is 2. The number of hydrogen-bond acceptors (Lipinski definition) is 6. The zero-order chi connectivity index (χ0) is 13.5. The molecule has 1 unspecified atom stereocenters. The van der Waals surface area contributed by atoms with Gasteiger partial charge < -0.3 is 19.7 Å². The molecule has 0 aliphatic rings.